The van der Waals surface area contributed by atoms with E-state index in [1.807, 2.05) is 30.3 Å². The summed E-state index contributed by atoms with van der Waals surface area (Å²) in [6.07, 6.45) is -1.86. The Kier molecular flexibility index (Phi) is 7.84. The van der Waals surface area contributed by atoms with Crippen molar-refractivity contribution in [1.82, 2.24) is 9.80 Å². The lowest BCUT2D eigenvalue weighted by Gasteiger charge is -2.34. The van der Waals surface area contributed by atoms with Crippen molar-refractivity contribution in [2.45, 2.75) is 22.4 Å². The van der Waals surface area contributed by atoms with Gasteiger partial charge in [0.15, 0.2) is 0 Å². The van der Waals surface area contributed by atoms with Gasteiger partial charge in [-0.1, -0.05) is 36.0 Å². The Morgan fingerprint density at radius 1 is 0.969 bits per heavy atom. The first-order chi connectivity index (χ1) is 15.9. The molecule has 4 rings (SSSR count). The Morgan fingerprint density at radius 2 is 1.62 bits per heavy atom. The first-order valence-corrected chi connectivity index (χ1v) is 10.6. The zero-order valence-corrected chi connectivity index (χ0v) is 19.5. The Balaban J connectivity index is 0.00000228. The molecule has 3 nitrogen and oxygen atoms in total. The molecule has 176 valence electrons. The van der Waals surface area contributed by atoms with Crippen LogP contribution < -0.4 is 0 Å². The largest absolute Gasteiger partial charge is 0.416 e. The molecule has 0 amide bonds. The molecule has 0 atom stereocenters. The summed E-state index contributed by atoms with van der Waals surface area (Å²) in [5, 5.41) is 9.50. The highest BCUT2D eigenvalue weighted by Gasteiger charge is 2.32. The summed E-state index contributed by atoms with van der Waals surface area (Å²) >= 11 is 1.46. The third-order valence-corrected chi connectivity index (χ3v) is 6.52. The van der Waals surface area contributed by atoms with Gasteiger partial charge < -0.3 is 10.0 Å². The molecule has 2 aromatic carbocycles. The van der Waals surface area contributed by atoms with Crippen LogP contribution in [0.5, 0.6) is 0 Å². The average molecular weight is 511 g/mol. The molecule has 0 aliphatic carbocycles. The molecule has 2 aromatic rings. The highest BCUT2D eigenvalue weighted by atomic mass is 35.5. The molecule has 32 heavy (non-hydrogen) atoms. The van der Waals surface area contributed by atoms with Gasteiger partial charge in [-0.3, -0.25) is 4.90 Å². The summed E-state index contributed by atoms with van der Waals surface area (Å²) in [6.45, 7) is -3.28. The number of benzene rings is 2. The monoisotopic (exact) mass is 510 g/mol. The Labute approximate surface area is 209 Å². The van der Waals surface area contributed by atoms with Crippen LogP contribution in [-0.4, -0.2) is 60.7 Å². The zero-order chi connectivity index (χ0) is 24.7. The highest BCUT2D eigenvalue weighted by molar-refractivity contribution is 7.99. The number of hydrogen-bond donors (Lipinski definition) is 1. The lowest BCUT2D eigenvalue weighted by molar-refractivity contribution is -0.137. The maximum absolute atomic E-state index is 13.4. The zero-order valence-electron chi connectivity index (χ0n) is 21.1. The molecule has 0 spiro atoms. The fourth-order valence-corrected chi connectivity index (χ4v) is 4.90. The topological polar surface area (TPSA) is 26.7 Å². The summed E-state index contributed by atoms with van der Waals surface area (Å²) in [5.41, 5.74) is 1.58. The second kappa shape index (κ2) is 11.8. The number of alkyl halides is 3. The molecule has 0 aromatic heterocycles. The van der Waals surface area contributed by atoms with Crippen LogP contribution >= 0.6 is 36.6 Å². The third-order valence-electron chi connectivity index (χ3n) is 5.37. The number of hydrogen-bond acceptors (Lipinski definition) is 4. The Bertz CT molecular complexity index is 1090. The van der Waals surface area contributed by atoms with E-state index in [2.05, 4.69) is 4.90 Å². The Hall–Kier alpha value is -1.22. The number of β-amino-alcohol motifs (C(OH)–C–C–N with tert-alkyl or cyclic N) is 1. The molecule has 0 saturated carbocycles. The smallest absolute Gasteiger partial charge is 0.395 e. The average Bonchev–Trinajstić information content (AvgIpc) is 2.77. The van der Waals surface area contributed by atoms with Gasteiger partial charge in [-0.05, 0) is 47.4 Å². The van der Waals surface area contributed by atoms with Crippen molar-refractivity contribution in [3.8, 4) is 0 Å². The van der Waals surface area contributed by atoms with Crippen LogP contribution in [-0.2, 0) is 6.18 Å². The lowest BCUT2D eigenvalue weighted by atomic mass is 9.94. The van der Waals surface area contributed by atoms with E-state index < -0.39 is 24.8 Å². The van der Waals surface area contributed by atoms with E-state index in [1.165, 1.54) is 28.8 Å². The van der Waals surface area contributed by atoms with Gasteiger partial charge in [0.1, 0.15) is 0 Å². The van der Waals surface area contributed by atoms with Crippen molar-refractivity contribution in [1.29, 1.82) is 0 Å². The van der Waals surface area contributed by atoms with E-state index >= 15 is 0 Å². The normalized spacial score (nSPS) is 20.6. The van der Waals surface area contributed by atoms with Crippen molar-refractivity contribution in [3.63, 3.8) is 0 Å². The number of fused-ring (bicyclic) bond motifs is 2. The molecule has 1 N–H and O–H groups in total. The van der Waals surface area contributed by atoms with E-state index in [0.717, 1.165) is 27.0 Å². The van der Waals surface area contributed by atoms with Crippen molar-refractivity contribution in [2.75, 3.05) is 45.8 Å². The molecule has 2 aliphatic rings. The third kappa shape index (κ3) is 6.22. The maximum Gasteiger partial charge on any atom is 0.416 e. The van der Waals surface area contributed by atoms with Gasteiger partial charge in [0.25, 0.3) is 0 Å². The second-order valence-corrected chi connectivity index (χ2v) is 8.35. The molecular weight excluding hydrogens is 480 g/mol. The molecule has 9 heteroatoms. The van der Waals surface area contributed by atoms with Gasteiger partial charge in [-0.25, -0.2) is 0 Å². The summed E-state index contributed by atoms with van der Waals surface area (Å²) in [7, 11) is 0. The van der Waals surface area contributed by atoms with Crippen molar-refractivity contribution in [3.05, 3.63) is 65.2 Å². The molecular formula is C23H27Cl2F3N2OS. The molecule has 1 fully saturated rings. The van der Waals surface area contributed by atoms with Crippen LogP contribution in [0, 0.1) is 0 Å². The number of aliphatic hydroxyl groups is 1. The maximum atomic E-state index is 13.4. The standard InChI is InChI=1S/C23H25F3N2OS.2ClH/c24-23(25,26)17-7-8-22-20(16-17)18(19-4-1-2-6-21(19)30-22)5-3-9-27-10-12-28(13-11-27)14-15-29;;/h1-2,4-8,16,29H,3,9-15H2;2*1H/b18-5-;;/i14D2,15D2;;. The predicted molar refractivity (Wildman–Crippen MR) is 128 cm³/mol. The van der Waals surface area contributed by atoms with Crippen LogP contribution in [0.2, 0.25) is 0 Å². The van der Waals surface area contributed by atoms with Crippen molar-refractivity contribution >= 4 is 42.1 Å². The number of halogens is 5. The van der Waals surface area contributed by atoms with Crippen LogP contribution in [0.4, 0.5) is 13.2 Å². The number of piperazine rings is 1. The van der Waals surface area contributed by atoms with E-state index in [-0.39, 0.29) is 37.9 Å². The molecule has 1 saturated heterocycles. The first kappa shape index (κ1) is 21.3. The Morgan fingerprint density at radius 3 is 2.31 bits per heavy atom. The van der Waals surface area contributed by atoms with Gasteiger partial charge >= 0.3 is 6.18 Å². The van der Waals surface area contributed by atoms with E-state index in [1.54, 1.807) is 0 Å². The number of rotatable bonds is 5. The predicted octanol–water partition coefficient (Wildman–Crippen LogP) is 5.45. The minimum absolute atomic E-state index is 0. The van der Waals surface area contributed by atoms with Crippen molar-refractivity contribution < 1.29 is 23.8 Å². The van der Waals surface area contributed by atoms with Gasteiger partial charge in [0.2, 0.25) is 0 Å². The lowest BCUT2D eigenvalue weighted by Crippen LogP contribution is -2.47. The van der Waals surface area contributed by atoms with Gasteiger partial charge in [-0.15, -0.1) is 24.8 Å². The molecule has 0 radical (unpaired) electrons. The summed E-state index contributed by atoms with van der Waals surface area (Å²) in [4.78, 5) is 5.18. The molecule has 0 bridgehead atoms. The quantitative estimate of drug-likeness (QED) is 0.493. The second-order valence-electron chi connectivity index (χ2n) is 7.27. The van der Waals surface area contributed by atoms with E-state index in [0.29, 0.717) is 31.6 Å². The van der Waals surface area contributed by atoms with Crippen LogP contribution in [0.25, 0.3) is 5.57 Å². The van der Waals surface area contributed by atoms with Crippen LogP contribution in [0.15, 0.2) is 58.3 Å². The molecule has 2 heterocycles. The van der Waals surface area contributed by atoms with Gasteiger partial charge in [-0.2, -0.15) is 13.2 Å². The number of nitrogens with zero attached hydrogens (tertiary/aromatic N) is 2. The van der Waals surface area contributed by atoms with Gasteiger partial charge in [0.05, 0.1) is 14.9 Å². The molecule has 2 aliphatic heterocycles. The summed E-state index contributed by atoms with van der Waals surface area (Å²) in [6, 6.07) is 11.5. The first-order valence-electron chi connectivity index (χ1n) is 11.8. The van der Waals surface area contributed by atoms with Crippen LogP contribution in [0.1, 0.15) is 28.6 Å². The minimum Gasteiger partial charge on any atom is -0.395 e. The van der Waals surface area contributed by atoms with E-state index in [4.69, 9.17) is 5.48 Å². The summed E-state index contributed by atoms with van der Waals surface area (Å²) < 4.78 is 70.5. The van der Waals surface area contributed by atoms with Gasteiger partial charge in [0, 0.05) is 51.8 Å². The highest BCUT2D eigenvalue weighted by Crippen LogP contribution is 2.47. The fourth-order valence-electron chi connectivity index (χ4n) is 3.81. The van der Waals surface area contributed by atoms with E-state index in [9.17, 15) is 18.3 Å². The van der Waals surface area contributed by atoms with Crippen LogP contribution in [0.3, 0.4) is 0 Å². The fraction of sp³-hybridized carbons (Fsp3) is 0.391. The SMILES string of the molecule is Cl.Cl.[2H]C([2H])(O)C([2H])([2H])N1CCN(CC/C=C2/c3ccccc3Sc3ccc(C(F)(F)F)cc32)CC1. The van der Waals surface area contributed by atoms with Crippen molar-refractivity contribution in [2.24, 2.45) is 0 Å². The summed E-state index contributed by atoms with van der Waals surface area (Å²) in [5.74, 6) is 0. The molecule has 0 unspecified atom stereocenters. The minimum atomic E-state index is -4.42.